The molecule has 1 heterocycles. The SMILES string of the molecule is COc1ccc(C(=O)N(Cc2cccc(OC)c2)C2CC(C(=O)NCCN)N(C(C)=O)C2)cc1. The van der Waals surface area contributed by atoms with Gasteiger partial charge in [0, 0.05) is 38.7 Å². The fourth-order valence-corrected chi connectivity index (χ4v) is 4.18. The van der Waals surface area contributed by atoms with Gasteiger partial charge in [0.2, 0.25) is 11.8 Å². The van der Waals surface area contributed by atoms with Crippen molar-refractivity contribution in [3.63, 3.8) is 0 Å². The standard InChI is InChI=1S/C25H32N4O5/c1-17(30)28-16-20(14-23(28)24(31)27-12-11-26)29(15-18-5-4-6-22(13-18)34-3)25(32)19-7-9-21(33-2)10-8-19/h4-10,13,20,23H,11-12,14-16,26H2,1-3H3,(H,27,31). The molecule has 1 saturated heterocycles. The average Bonchev–Trinajstić information content (AvgIpc) is 3.31. The number of benzene rings is 2. The molecule has 1 fully saturated rings. The first-order valence-electron chi connectivity index (χ1n) is 11.2. The third-order valence-corrected chi connectivity index (χ3v) is 5.96. The van der Waals surface area contributed by atoms with Crippen LogP contribution in [-0.2, 0) is 16.1 Å². The zero-order valence-electron chi connectivity index (χ0n) is 19.8. The number of hydrogen-bond acceptors (Lipinski definition) is 6. The number of ether oxygens (including phenoxy) is 2. The Kier molecular flexibility index (Phi) is 8.48. The fraction of sp³-hybridized carbons (Fsp3) is 0.400. The van der Waals surface area contributed by atoms with E-state index in [0.29, 0.717) is 43.1 Å². The summed E-state index contributed by atoms with van der Waals surface area (Å²) in [4.78, 5) is 42.0. The van der Waals surface area contributed by atoms with Crippen LogP contribution in [0.1, 0.15) is 29.3 Å². The molecule has 9 nitrogen and oxygen atoms in total. The summed E-state index contributed by atoms with van der Waals surface area (Å²) in [6.07, 6.45) is 0.335. The molecular weight excluding hydrogens is 436 g/mol. The van der Waals surface area contributed by atoms with Crippen LogP contribution in [0.5, 0.6) is 11.5 Å². The van der Waals surface area contributed by atoms with Crippen LogP contribution in [0.4, 0.5) is 0 Å². The van der Waals surface area contributed by atoms with E-state index in [0.717, 1.165) is 5.56 Å². The van der Waals surface area contributed by atoms with Gasteiger partial charge in [-0.05, 0) is 48.4 Å². The molecule has 2 unspecified atom stereocenters. The summed E-state index contributed by atoms with van der Waals surface area (Å²) in [5.74, 6) is 0.665. The molecular formula is C25H32N4O5. The highest BCUT2D eigenvalue weighted by Crippen LogP contribution is 2.27. The molecule has 0 radical (unpaired) electrons. The molecule has 34 heavy (non-hydrogen) atoms. The third-order valence-electron chi connectivity index (χ3n) is 5.96. The van der Waals surface area contributed by atoms with E-state index in [2.05, 4.69) is 5.32 Å². The molecule has 0 aliphatic carbocycles. The lowest BCUT2D eigenvalue weighted by Gasteiger charge is -2.29. The Morgan fingerprint density at radius 1 is 1.09 bits per heavy atom. The number of rotatable bonds is 9. The van der Waals surface area contributed by atoms with Crippen LogP contribution in [0.25, 0.3) is 0 Å². The van der Waals surface area contributed by atoms with E-state index in [1.165, 1.54) is 11.8 Å². The summed E-state index contributed by atoms with van der Waals surface area (Å²) < 4.78 is 10.5. The molecule has 3 N–H and O–H groups in total. The van der Waals surface area contributed by atoms with Crippen LogP contribution in [0.15, 0.2) is 48.5 Å². The van der Waals surface area contributed by atoms with Crippen molar-refractivity contribution in [3.05, 3.63) is 59.7 Å². The second-order valence-corrected chi connectivity index (χ2v) is 8.17. The molecule has 0 saturated carbocycles. The van der Waals surface area contributed by atoms with Gasteiger partial charge >= 0.3 is 0 Å². The molecule has 1 aliphatic rings. The summed E-state index contributed by atoms with van der Waals surface area (Å²) in [6, 6.07) is 13.4. The normalized spacial score (nSPS) is 17.2. The summed E-state index contributed by atoms with van der Waals surface area (Å²) in [7, 11) is 3.16. The van der Waals surface area contributed by atoms with Gasteiger partial charge < -0.3 is 30.3 Å². The van der Waals surface area contributed by atoms with Crippen LogP contribution < -0.4 is 20.5 Å². The van der Waals surface area contributed by atoms with E-state index < -0.39 is 6.04 Å². The Morgan fingerprint density at radius 2 is 1.79 bits per heavy atom. The lowest BCUT2D eigenvalue weighted by Crippen LogP contribution is -2.46. The highest BCUT2D eigenvalue weighted by atomic mass is 16.5. The number of methoxy groups -OCH3 is 2. The minimum atomic E-state index is -0.662. The number of nitrogens with two attached hydrogens (primary N) is 1. The molecule has 2 aromatic rings. The number of carbonyl (C=O) groups is 3. The fourth-order valence-electron chi connectivity index (χ4n) is 4.18. The molecule has 1 aliphatic heterocycles. The van der Waals surface area contributed by atoms with Gasteiger partial charge in [0.15, 0.2) is 0 Å². The predicted molar refractivity (Wildman–Crippen MR) is 128 cm³/mol. The number of nitrogens with zero attached hydrogens (tertiary/aromatic N) is 2. The average molecular weight is 469 g/mol. The van der Waals surface area contributed by atoms with Crippen LogP contribution in [0.3, 0.4) is 0 Å². The van der Waals surface area contributed by atoms with Crippen LogP contribution >= 0.6 is 0 Å². The van der Waals surface area contributed by atoms with E-state index in [1.54, 1.807) is 43.4 Å². The van der Waals surface area contributed by atoms with Crippen LogP contribution in [-0.4, -0.2) is 73.5 Å². The molecule has 3 amide bonds. The molecule has 3 rings (SSSR count). The van der Waals surface area contributed by atoms with Gasteiger partial charge in [-0.3, -0.25) is 14.4 Å². The Morgan fingerprint density at radius 3 is 2.41 bits per heavy atom. The zero-order chi connectivity index (χ0) is 24.7. The second-order valence-electron chi connectivity index (χ2n) is 8.17. The molecule has 2 atom stereocenters. The maximum absolute atomic E-state index is 13.6. The summed E-state index contributed by atoms with van der Waals surface area (Å²) >= 11 is 0. The molecule has 0 bridgehead atoms. The maximum atomic E-state index is 13.6. The minimum absolute atomic E-state index is 0.193. The smallest absolute Gasteiger partial charge is 0.254 e. The Bertz CT molecular complexity index is 1010. The van der Waals surface area contributed by atoms with E-state index in [-0.39, 0.29) is 30.3 Å². The van der Waals surface area contributed by atoms with Gasteiger partial charge in [-0.25, -0.2) is 0 Å². The van der Waals surface area contributed by atoms with Crippen molar-refractivity contribution in [1.82, 2.24) is 15.1 Å². The van der Waals surface area contributed by atoms with Gasteiger partial charge in [-0.15, -0.1) is 0 Å². The predicted octanol–water partition coefficient (Wildman–Crippen LogP) is 1.41. The number of hydrogen-bond donors (Lipinski definition) is 2. The van der Waals surface area contributed by atoms with E-state index in [1.807, 2.05) is 24.3 Å². The quantitative estimate of drug-likeness (QED) is 0.575. The van der Waals surface area contributed by atoms with Gasteiger partial charge in [0.25, 0.3) is 5.91 Å². The molecule has 9 heteroatoms. The van der Waals surface area contributed by atoms with E-state index in [9.17, 15) is 14.4 Å². The molecule has 182 valence electrons. The van der Waals surface area contributed by atoms with Gasteiger partial charge in [-0.1, -0.05) is 12.1 Å². The first-order chi connectivity index (χ1) is 16.4. The molecule has 0 aromatic heterocycles. The first kappa shape index (κ1) is 25.0. The van der Waals surface area contributed by atoms with Gasteiger partial charge in [0.05, 0.1) is 20.3 Å². The van der Waals surface area contributed by atoms with Gasteiger partial charge in [0.1, 0.15) is 17.5 Å². The Balaban J connectivity index is 1.92. The van der Waals surface area contributed by atoms with Gasteiger partial charge in [-0.2, -0.15) is 0 Å². The summed E-state index contributed by atoms with van der Waals surface area (Å²) in [5.41, 5.74) is 6.89. The highest BCUT2D eigenvalue weighted by Gasteiger charge is 2.42. The number of amides is 3. The lowest BCUT2D eigenvalue weighted by molar-refractivity contribution is -0.136. The second kappa shape index (κ2) is 11.5. The zero-order valence-corrected chi connectivity index (χ0v) is 19.8. The van der Waals surface area contributed by atoms with Crippen LogP contribution in [0.2, 0.25) is 0 Å². The molecule has 0 spiro atoms. The lowest BCUT2D eigenvalue weighted by atomic mass is 10.1. The number of nitrogens with one attached hydrogen (secondary N) is 1. The van der Waals surface area contributed by atoms with Crippen molar-refractivity contribution < 1.29 is 23.9 Å². The van der Waals surface area contributed by atoms with Crippen molar-refractivity contribution >= 4 is 17.7 Å². The topological polar surface area (TPSA) is 114 Å². The van der Waals surface area contributed by atoms with E-state index >= 15 is 0 Å². The highest BCUT2D eigenvalue weighted by molar-refractivity contribution is 5.95. The summed E-state index contributed by atoms with van der Waals surface area (Å²) in [5, 5.41) is 2.77. The molecule has 2 aromatic carbocycles. The Hall–Kier alpha value is -3.59. The largest absolute Gasteiger partial charge is 0.497 e. The Labute approximate surface area is 199 Å². The summed E-state index contributed by atoms with van der Waals surface area (Å²) in [6.45, 7) is 2.63. The first-order valence-corrected chi connectivity index (χ1v) is 11.2. The number of carbonyl (C=O) groups excluding carboxylic acids is 3. The number of likely N-dealkylation sites (tertiary alicyclic amines) is 1. The van der Waals surface area contributed by atoms with Crippen molar-refractivity contribution in [1.29, 1.82) is 0 Å². The van der Waals surface area contributed by atoms with Crippen molar-refractivity contribution in [2.45, 2.75) is 32.0 Å². The van der Waals surface area contributed by atoms with Crippen molar-refractivity contribution in [2.75, 3.05) is 33.9 Å². The van der Waals surface area contributed by atoms with Crippen molar-refractivity contribution in [2.24, 2.45) is 5.73 Å². The monoisotopic (exact) mass is 468 g/mol. The van der Waals surface area contributed by atoms with E-state index in [4.69, 9.17) is 15.2 Å². The van der Waals surface area contributed by atoms with Crippen molar-refractivity contribution in [3.8, 4) is 11.5 Å². The minimum Gasteiger partial charge on any atom is -0.497 e. The van der Waals surface area contributed by atoms with Crippen LogP contribution in [0, 0.1) is 0 Å². The maximum Gasteiger partial charge on any atom is 0.254 e. The third kappa shape index (κ3) is 5.85.